The van der Waals surface area contributed by atoms with Gasteiger partial charge in [-0.15, -0.1) is 5.10 Å². The molecule has 3 heterocycles. The van der Waals surface area contributed by atoms with Gasteiger partial charge in [-0.3, -0.25) is 14.7 Å². The Morgan fingerprint density at radius 2 is 1.81 bits per heavy atom. The summed E-state index contributed by atoms with van der Waals surface area (Å²) < 4.78 is 7.13. The van der Waals surface area contributed by atoms with E-state index < -0.39 is 0 Å². The summed E-state index contributed by atoms with van der Waals surface area (Å²) in [5.41, 5.74) is 2.54. The minimum atomic E-state index is -0.0990. The fourth-order valence-corrected chi connectivity index (χ4v) is 3.68. The van der Waals surface area contributed by atoms with Crippen molar-refractivity contribution < 1.29 is 9.53 Å². The lowest BCUT2D eigenvalue weighted by Gasteiger charge is -2.28. The normalized spacial score (nSPS) is 14.5. The predicted octanol–water partition coefficient (Wildman–Crippen LogP) is 2.09. The molecule has 4 rings (SSSR count). The van der Waals surface area contributed by atoms with Crippen molar-refractivity contribution in [2.45, 2.75) is 19.5 Å². The van der Waals surface area contributed by atoms with Gasteiger partial charge >= 0.3 is 0 Å². The molecule has 1 amide bonds. The van der Waals surface area contributed by atoms with E-state index in [4.69, 9.17) is 4.74 Å². The fourth-order valence-electron chi connectivity index (χ4n) is 3.68. The highest BCUT2D eigenvalue weighted by Crippen LogP contribution is 2.11. The molecule has 1 fully saturated rings. The van der Waals surface area contributed by atoms with Crippen molar-refractivity contribution in [3.63, 3.8) is 0 Å². The topological polar surface area (TPSA) is 76.4 Å². The van der Waals surface area contributed by atoms with Crippen molar-refractivity contribution in [3.05, 3.63) is 77.9 Å². The molecule has 3 aromatic rings. The first-order valence-electron chi connectivity index (χ1n) is 10.7. The van der Waals surface area contributed by atoms with Crippen molar-refractivity contribution in [2.24, 2.45) is 0 Å². The largest absolute Gasteiger partial charge is 0.379 e. The molecule has 31 heavy (non-hydrogen) atoms. The Morgan fingerprint density at radius 1 is 1.03 bits per heavy atom. The number of aromatic nitrogens is 4. The van der Waals surface area contributed by atoms with Crippen LogP contribution >= 0.6 is 0 Å². The Bertz CT molecular complexity index is 941. The third-order valence-corrected chi connectivity index (χ3v) is 5.36. The van der Waals surface area contributed by atoms with Crippen LogP contribution in [0.2, 0.25) is 0 Å². The summed E-state index contributed by atoms with van der Waals surface area (Å²) in [7, 11) is 0. The molecule has 0 spiro atoms. The van der Waals surface area contributed by atoms with Gasteiger partial charge in [0.05, 0.1) is 26.0 Å². The van der Waals surface area contributed by atoms with Crippen LogP contribution in [-0.2, 0) is 17.8 Å². The summed E-state index contributed by atoms with van der Waals surface area (Å²) in [6.45, 7) is 6.18. The lowest BCUT2D eigenvalue weighted by Crippen LogP contribution is -2.39. The number of nitrogens with zero attached hydrogens (tertiary/aromatic N) is 6. The molecule has 0 bridgehead atoms. The number of benzene rings is 1. The zero-order valence-corrected chi connectivity index (χ0v) is 17.6. The summed E-state index contributed by atoms with van der Waals surface area (Å²) in [5, 5.41) is 8.32. The van der Waals surface area contributed by atoms with Gasteiger partial charge in [0, 0.05) is 45.1 Å². The first-order chi connectivity index (χ1) is 15.3. The van der Waals surface area contributed by atoms with Gasteiger partial charge in [0.15, 0.2) is 5.69 Å². The van der Waals surface area contributed by atoms with Crippen LogP contribution in [0, 0.1) is 0 Å². The van der Waals surface area contributed by atoms with E-state index in [1.54, 1.807) is 23.3 Å². The molecule has 1 saturated heterocycles. The van der Waals surface area contributed by atoms with E-state index in [0.29, 0.717) is 25.3 Å². The minimum Gasteiger partial charge on any atom is -0.379 e. The highest BCUT2D eigenvalue weighted by Gasteiger charge is 2.20. The second-order valence-electron chi connectivity index (χ2n) is 7.68. The van der Waals surface area contributed by atoms with Crippen LogP contribution in [0.15, 0.2) is 61.1 Å². The standard InChI is InChI=1S/C23H28N6O2/c30-23(22-19-29(26-25-22)18-20-5-2-1-3-6-20)28(17-21-7-9-24-10-8-21)12-4-11-27-13-15-31-16-14-27/h1-3,5-10,19H,4,11-18H2. The molecule has 8 nitrogen and oxygen atoms in total. The van der Waals surface area contributed by atoms with E-state index in [9.17, 15) is 4.79 Å². The molecule has 2 aromatic heterocycles. The van der Waals surface area contributed by atoms with Crippen molar-refractivity contribution in [2.75, 3.05) is 39.4 Å². The SMILES string of the molecule is O=C(c1cn(Cc2ccccc2)nn1)N(CCCN1CCOCC1)Cc1ccncc1. The highest BCUT2D eigenvalue weighted by atomic mass is 16.5. The number of pyridine rings is 1. The molecule has 0 saturated carbocycles. The molecule has 0 radical (unpaired) electrons. The Balaban J connectivity index is 1.41. The van der Waals surface area contributed by atoms with E-state index in [1.165, 1.54) is 0 Å². The molecule has 1 aliphatic heterocycles. The maximum atomic E-state index is 13.3. The summed E-state index contributed by atoms with van der Waals surface area (Å²) in [5.74, 6) is -0.0990. The summed E-state index contributed by atoms with van der Waals surface area (Å²) in [6.07, 6.45) is 6.13. The fraction of sp³-hybridized carbons (Fsp3) is 0.391. The van der Waals surface area contributed by atoms with Gasteiger partial charge in [-0.2, -0.15) is 0 Å². The van der Waals surface area contributed by atoms with Crippen LogP contribution in [0.3, 0.4) is 0 Å². The lowest BCUT2D eigenvalue weighted by atomic mass is 10.2. The predicted molar refractivity (Wildman–Crippen MR) is 116 cm³/mol. The molecule has 0 N–H and O–H groups in total. The van der Waals surface area contributed by atoms with Crippen molar-refractivity contribution in [3.8, 4) is 0 Å². The van der Waals surface area contributed by atoms with Crippen LogP contribution in [0.25, 0.3) is 0 Å². The summed E-state index contributed by atoms with van der Waals surface area (Å²) in [4.78, 5) is 21.6. The molecule has 0 aliphatic carbocycles. The van der Waals surface area contributed by atoms with Crippen LogP contribution < -0.4 is 0 Å². The number of ether oxygens (including phenoxy) is 1. The van der Waals surface area contributed by atoms with E-state index in [-0.39, 0.29) is 5.91 Å². The average Bonchev–Trinajstić information content (AvgIpc) is 3.28. The van der Waals surface area contributed by atoms with Gasteiger partial charge in [0.25, 0.3) is 5.91 Å². The second-order valence-corrected chi connectivity index (χ2v) is 7.68. The van der Waals surface area contributed by atoms with Crippen LogP contribution in [0.1, 0.15) is 28.0 Å². The summed E-state index contributed by atoms with van der Waals surface area (Å²) in [6, 6.07) is 13.9. The van der Waals surface area contributed by atoms with E-state index in [1.807, 2.05) is 47.4 Å². The first kappa shape index (κ1) is 21.1. The molecule has 1 aliphatic rings. The zero-order valence-electron chi connectivity index (χ0n) is 17.6. The zero-order chi connectivity index (χ0) is 21.3. The van der Waals surface area contributed by atoms with Crippen molar-refractivity contribution >= 4 is 5.91 Å². The molecular formula is C23H28N6O2. The molecule has 0 atom stereocenters. The van der Waals surface area contributed by atoms with Crippen LogP contribution in [-0.4, -0.2) is 75.1 Å². The van der Waals surface area contributed by atoms with Crippen LogP contribution in [0.4, 0.5) is 0 Å². The number of carbonyl (C=O) groups excluding carboxylic acids is 1. The number of hydrogen-bond acceptors (Lipinski definition) is 6. The number of morpholine rings is 1. The molecule has 162 valence electrons. The van der Waals surface area contributed by atoms with Crippen molar-refractivity contribution in [1.82, 2.24) is 29.8 Å². The van der Waals surface area contributed by atoms with Gasteiger partial charge in [-0.25, -0.2) is 4.68 Å². The Hall–Kier alpha value is -3.10. The third-order valence-electron chi connectivity index (χ3n) is 5.36. The Kier molecular flexibility index (Phi) is 7.36. The molecule has 8 heteroatoms. The number of hydrogen-bond donors (Lipinski definition) is 0. The Labute approximate surface area is 182 Å². The third kappa shape index (κ3) is 6.19. The number of amides is 1. The molecule has 1 aromatic carbocycles. The summed E-state index contributed by atoms with van der Waals surface area (Å²) >= 11 is 0. The number of carbonyl (C=O) groups is 1. The quantitative estimate of drug-likeness (QED) is 0.528. The highest BCUT2D eigenvalue weighted by molar-refractivity contribution is 5.91. The van der Waals surface area contributed by atoms with Gasteiger partial charge < -0.3 is 9.64 Å². The van der Waals surface area contributed by atoms with Gasteiger partial charge in [-0.1, -0.05) is 35.5 Å². The Morgan fingerprint density at radius 3 is 2.58 bits per heavy atom. The average molecular weight is 421 g/mol. The van der Waals surface area contributed by atoms with Gasteiger partial charge in [0.1, 0.15) is 0 Å². The van der Waals surface area contributed by atoms with Gasteiger partial charge in [0.2, 0.25) is 0 Å². The van der Waals surface area contributed by atoms with Crippen LogP contribution in [0.5, 0.6) is 0 Å². The first-order valence-corrected chi connectivity index (χ1v) is 10.7. The van der Waals surface area contributed by atoms with E-state index in [0.717, 1.165) is 50.4 Å². The molecule has 0 unspecified atom stereocenters. The van der Waals surface area contributed by atoms with Crippen molar-refractivity contribution in [1.29, 1.82) is 0 Å². The molecular weight excluding hydrogens is 392 g/mol. The maximum Gasteiger partial charge on any atom is 0.276 e. The van der Waals surface area contributed by atoms with E-state index in [2.05, 4.69) is 20.2 Å². The minimum absolute atomic E-state index is 0.0990. The maximum absolute atomic E-state index is 13.3. The van der Waals surface area contributed by atoms with E-state index >= 15 is 0 Å². The monoisotopic (exact) mass is 420 g/mol. The number of rotatable bonds is 9. The second kappa shape index (κ2) is 10.8. The smallest absolute Gasteiger partial charge is 0.276 e. The lowest BCUT2D eigenvalue weighted by molar-refractivity contribution is 0.0355. The van der Waals surface area contributed by atoms with Gasteiger partial charge in [-0.05, 0) is 29.7 Å².